The Kier molecular flexibility index (Phi) is 6.37. The van der Waals surface area contributed by atoms with E-state index in [-0.39, 0.29) is 17.7 Å². The molecule has 7 nitrogen and oxygen atoms in total. The first-order valence-corrected chi connectivity index (χ1v) is 11.5. The van der Waals surface area contributed by atoms with Gasteiger partial charge in [-0.25, -0.2) is 9.50 Å². The lowest BCUT2D eigenvalue weighted by Gasteiger charge is -2.18. The minimum absolute atomic E-state index is 0.0843. The maximum atomic E-state index is 12.8. The highest BCUT2D eigenvalue weighted by atomic mass is 16.5. The van der Waals surface area contributed by atoms with Crippen LogP contribution in [0.3, 0.4) is 0 Å². The van der Waals surface area contributed by atoms with Gasteiger partial charge in [0, 0.05) is 28.2 Å². The number of fused-ring (bicyclic) bond motifs is 1. The van der Waals surface area contributed by atoms with Crippen molar-refractivity contribution in [1.29, 1.82) is 0 Å². The number of carbonyl (C=O) groups excluding carboxylic acids is 1. The van der Waals surface area contributed by atoms with Crippen LogP contribution in [0.25, 0.3) is 17.2 Å². The minimum atomic E-state index is -0.116. The number of aryl methyl sites for hydroxylation is 2. The standard InChI is InChI=1S/C27H31N5O2/c1-7-34-22-14-12-21(13-15-22)29-24(33)16-23-17(2)28-26-30-25(31-32(26)18(23)3)19-8-10-20(11-9-19)27(4,5)6/h8-15H,7,16H2,1-6H3,(H,29,33). The Balaban J connectivity index is 1.56. The number of aromatic nitrogens is 4. The first kappa shape index (κ1) is 23.4. The molecule has 0 aliphatic rings. The molecular formula is C27H31N5O2. The molecule has 0 fully saturated rings. The fourth-order valence-electron chi connectivity index (χ4n) is 3.87. The summed E-state index contributed by atoms with van der Waals surface area (Å²) in [5.74, 6) is 1.80. The van der Waals surface area contributed by atoms with Gasteiger partial charge in [0.05, 0.1) is 13.0 Å². The van der Waals surface area contributed by atoms with Crippen molar-refractivity contribution in [1.82, 2.24) is 19.6 Å². The number of amides is 1. The molecule has 2 heterocycles. The average Bonchev–Trinajstić information content (AvgIpc) is 3.22. The number of nitrogens with zero attached hydrogens (tertiary/aromatic N) is 4. The molecule has 0 aliphatic carbocycles. The molecule has 0 bridgehead atoms. The minimum Gasteiger partial charge on any atom is -0.494 e. The Morgan fingerprint density at radius 1 is 1.00 bits per heavy atom. The highest BCUT2D eigenvalue weighted by molar-refractivity contribution is 5.92. The second-order valence-electron chi connectivity index (χ2n) is 9.42. The molecule has 2 aromatic heterocycles. The summed E-state index contributed by atoms with van der Waals surface area (Å²) >= 11 is 0. The molecule has 0 spiro atoms. The molecule has 7 heteroatoms. The number of anilines is 1. The van der Waals surface area contributed by atoms with E-state index in [1.165, 1.54) is 5.56 Å². The topological polar surface area (TPSA) is 81.4 Å². The highest BCUT2D eigenvalue weighted by Gasteiger charge is 2.18. The lowest BCUT2D eigenvalue weighted by Crippen LogP contribution is -2.17. The van der Waals surface area contributed by atoms with Crippen molar-refractivity contribution in [2.75, 3.05) is 11.9 Å². The van der Waals surface area contributed by atoms with Crippen LogP contribution < -0.4 is 10.1 Å². The van der Waals surface area contributed by atoms with Gasteiger partial charge in [0.2, 0.25) is 5.91 Å². The zero-order valence-electron chi connectivity index (χ0n) is 20.6. The molecular weight excluding hydrogens is 426 g/mol. The number of hydrogen-bond acceptors (Lipinski definition) is 5. The van der Waals surface area contributed by atoms with Crippen LogP contribution in [0.1, 0.15) is 50.2 Å². The second-order valence-corrected chi connectivity index (χ2v) is 9.42. The Bertz CT molecular complexity index is 1320. The smallest absolute Gasteiger partial charge is 0.253 e. The third-order valence-electron chi connectivity index (χ3n) is 5.84. The number of ether oxygens (including phenoxy) is 1. The molecule has 34 heavy (non-hydrogen) atoms. The molecule has 4 aromatic rings. The van der Waals surface area contributed by atoms with E-state index in [4.69, 9.17) is 9.84 Å². The van der Waals surface area contributed by atoms with E-state index in [0.717, 1.165) is 34.0 Å². The molecule has 0 saturated carbocycles. The van der Waals surface area contributed by atoms with Gasteiger partial charge in [0.25, 0.3) is 5.78 Å². The van der Waals surface area contributed by atoms with Crippen LogP contribution in [0, 0.1) is 13.8 Å². The summed E-state index contributed by atoms with van der Waals surface area (Å²) in [7, 11) is 0. The molecule has 0 unspecified atom stereocenters. The summed E-state index contributed by atoms with van der Waals surface area (Å²) in [6, 6.07) is 15.7. The zero-order valence-corrected chi connectivity index (χ0v) is 20.6. The third kappa shape index (κ3) is 4.93. The van der Waals surface area contributed by atoms with Crippen molar-refractivity contribution in [3.8, 4) is 17.1 Å². The van der Waals surface area contributed by atoms with Crippen molar-refractivity contribution >= 4 is 17.4 Å². The van der Waals surface area contributed by atoms with Gasteiger partial charge in [-0.05, 0) is 56.0 Å². The Hall–Kier alpha value is -3.74. The van der Waals surface area contributed by atoms with Crippen molar-refractivity contribution in [3.05, 3.63) is 71.0 Å². The average molecular weight is 458 g/mol. The Morgan fingerprint density at radius 2 is 1.68 bits per heavy atom. The van der Waals surface area contributed by atoms with Crippen LogP contribution >= 0.6 is 0 Å². The third-order valence-corrected chi connectivity index (χ3v) is 5.84. The second kappa shape index (κ2) is 9.25. The van der Waals surface area contributed by atoms with Gasteiger partial charge in [-0.15, -0.1) is 5.10 Å². The van der Waals surface area contributed by atoms with Gasteiger partial charge in [-0.3, -0.25) is 4.79 Å². The van der Waals surface area contributed by atoms with Gasteiger partial charge >= 0.3 is 0 Å². The largest absolute Gasteiger partial charge is 0.494 e. The lowest BCUT2D eigenvalue weighted by molar-refractivity contribution is -0.115. The van der Waals surface area contributed by atoms with Crippen molar-refractivity contribution < 1.29 is 9.53 Å². The van der Waals surface area contributed by atoms with E-state index in [9.17, 15) is 4.79 Å². The van der Waals surface area contributed by atoms with E-state index < -0.39 is 0 Å². The van der Waals surface area contributed by atoms with Gasteiger partial charge in [-0.1, -0.05) is 45.0 Å². The van der Waals surface area contributed by atoms with Gasteiger partial charge in [0.1, 0.15) is 5.75 Å². The van der Waals surface area contributed by atoms with Crippen molar-refractivity contribution in [2.45, 2.75) is 53.4 Å². The first-order valence-electron chi connectivity index (χ1n) is 11.5. The maximum Gasteiger partial charge on any atom is 0.253 e. The highest BCUT2D eigenvalue weighted by Crippen LogP contribution is 2.26. The number of hydrogen-bond donors (Lipinski definition) is 1. The Labute approximate surface area is 200 Å². The van der Waals surface area contributed by atoms with Gasteiger partial charge in [0.15, 0.2) is 5.82 Å². The summed E-state index contributed by atoms with van der Waals surface area (Å²) < 4.78 is 7.17. The van der Waals surface area contributed by atoms with E-state index >= 15 is 0 Å². The van der Waals surface area contributed by atoms with E-state index in [0.29, 0.717) is 18.2 Å². The van der Waals surface area contributed by atoms with Crippen molar-refractivity contribution in [2.24, 2.45) is 0 Å². The quantitative estimate of drug-likeness (QED) is 0.426. The maximum absolute atomic E-state index is 12.8. The molecule has 0 atom stereocenters. The SMILES string of the molecule is CCOc1ccc(NC(=O)Cc2c(C)nc3nc(-c4ccc(C(C)(C)C)cc4)nn3c2C)cc1. The summed E-state index contributed by atoms with van der Waals surface area (Å²) in [5, 5.41) is 7.64. The Morgan fingerprint density at radius 3 is 2.29 bits per heavy atom. The summed E-state index contributed by atoms with van der Waals surface area (Å²) in [4.78, 5) is 22.0. The number of benzene rings is 2. The fourth-order valence-corrected chi connectivity index (χ4v) is 3.87. The predicted octanol–water partition coefficient (Wildman–Crippen LogP) is 5.29. The van der Waals surface area contributed by atoms with Crippen LogP contribution in [0.4, 0.5) is 5.69 Å². The van der Waals surface area contributed by atoms with Crippen LogP contribution in [0.2, 0.25) is 0 Å². The normalized spacial score (nSPS) is 11.6. The predicted molar refractivity (Wildman–Crippen MR) is 134 cm³/mol. The molecule has 0 radical (unpaired) electrons. The zero-order chi connectivity index (χ0) is 24.5. The molecule has 1 amide bonds. The monoisotopic (exact) mass is 457 g/mol. The molecule has 2 aromatic carbocycles. The number of carbonyl (C=O) groups is 1. The molecule has 0 aliphatic heterocycles. The van der Waals surface area contributed by atoms with Crippen LogP contribution in [-0.4, -0.2) is 32.1 Å². The fraction of sp³-hybridized carbons (Fsp3) is 0.333. The van der Waals surface area contributed by atoms with Crippen molar-refractivity contribution in [3.63, 3.8) is 0 Å². The first-order chi connectivity index (χ1) is 16.2. The molecule has 176 valence electrons. The lowest BCUT2D eigenvalue weighted by atomic mass is 9.87. The number of nitrogens with one attached hydrogen (secondary N) is 1. The molecule has 0 saturated heterocycles. The molecule has 1 N–H and O–H groups in total. The summed E-state index contributed by atoms with van der Waals surface area (Å²) in [5.41, 5.74) is 5.47. The number of rotatable bonds is 6. The van der Waals surface area contributed by atoms with Gasteiger partial charge in [-0.2, -0.15) is 4.98 Å². The summed E-state index contributed by atoms with van der Waals surface area (Å²) in [6.07, 6.45) is 0.198. The van der Waals surface area contributed by atoms with Crippen LogP contribution in [0.15, 0.2) is 48.5 Å². The molecule has 4 rings (SSSR count). The summed E-state index contributed by atoms with van der Waals surface area (Å²) in [6.45, 7) is 13.0. The van der Waals surface area contributed by atoms with Crippen LogP contribution in [-0.2, 0) is 16.6 Å². The van der Waals surface area contributed by atoms with Gasteiger partial charge < -0.3 is 10.1 Å². The van der Waals surface area contributed by atoms with E-state index in [2.05, 4.69) is 48.2 Å². The van der Waals surface area contributed by atoms with Crippen LogP contribution in [0.5, 0.6) is 5.75 Å². The van der Waals surface area contributed by atoms with E-state index in [1.54, 1.807) is 4.52 Å². The van der Waals surface area contributed by atoms with E-state index in [1.807, 2.05) is 57.2 Å².